The van der Waals surface area contributed by atoms with Crippen LogP contribution >= 0.6 is 39.7 Å². The van der Waals surface area contributed by atoms with Crippen LogP contribution in [0.1, 0.15) is 6.42 Å². The van der Waals surface area contributed by atoms with Gasteiger partial charge in [-0.25, -0.2) is 8.42 Å². The molecular formula is C10H16BrClN2O2S2. The second-order valence-electron chi connectivity index (χ2n) is 4.13. The van der Waals surface area contributed by atoms with Gasteiger partial charge in [-0.1, -0.05) is 0 Å². The van der Waals surface area contributed by atoms with Crippen molar-refractivity contribution in [1.29, 1.82) is 0 Å². The van der Waals surface area contributed by atoms with E-state index in [0.29, 0.717) is 27.7 Å². The summed E-state index contributed by atoms with van der Waals surface area (Å²) in [7, 11) is -1.40. The van der Waals surface area contributed by atoms with Crippen molar-refractivity contribution in [2.24, 2.45) is 5.92 Å². The Morgan fingerprint density at radius 1 is 1.61 bits per heavy atom. The third kappa shape index (κ3) is 3.26. The molecule has 1 aromatic rings. The Kier molecular flexibility index (Phi) is 6.08. The van der Waals surface area contributed by atoms with Gasteiger partial charge in [-0.05, 0) is 53.3 Å². The Bertz CT molecular complexity index is 492. The molecule has 8 heteroatoms. The fourth-order valence-corrected chi connectivity index (χ4v) is 6.03. The molecule has 0 saturated carbocycles. The van der Waals surface area contributed by atoms with Gasteiger partial charge in [0.15, 0.2) is 0 Å². The van der Waals surface area contributed by atoms with Crippen LogP contribution in [-0.4, -0.2) is 39.4 Å². The zero-order valence-electron chi connectivity index (χ0n) is 9.93. The lowest BCUT2D eigenvalue weighted by Crippen LogP contribution is -2.30. The van der Waals surface area contributed by atoms with E-state index in [1.54, 1.807) is 15.8 Å². The van der Waals surface area contributed by atoms with Crippen LogP contribution in [0.25, 0.3) is 0 Å². The Balaban J connectivity index is 0.00000162. The summed E-state index contributed by atoms with van der Waals surface area (Å²) in [5.74, 6) is 0.425. The van der Waals surface area contributed by atoms with Gasteiger partial charge in [0.05, 0.1) is 0 Å². The minimum absolute atomic E-state index is 0. The molecular weight excluding hydrogens is 360 g/mol. The Morgan fingerprint density at radius 2 is 2.33 bits per heavy atom. The van der Waals surface area contributed by atoms with Crippen LogP contribution in [0.2, 0.25) is 0 Å². The van der Waals surface area contributed by atoms with Gasteiger partial charge in [-0.2, -0.15) is 4.31 Å². The minimum Gasteiger partial charge on any atom is -0.319 e. The quantitative estimate of drug-likeness (QED) is 0.877. The number of nitrogens with zero attached hydrogens (tertiary/aromatic N) is 1. The van der Waals surface area contributed by atoms with Crippen LogP contribution in [-0.2, 0) is 10.0 Å². The summed E-state index contributed by atoms with van der Waals surface area (Å²) in [6.07, 6.45) is 0.934. The number of hydrogen-bond acceptors (Lipinski definition) is 4. The summed E-state index contributed by atoms with van der Waals surface area (Å²) in [6.45, 7) is 2.12. The summed E-state index contributed by atoms with van der Waals surface area (Å²) < 4.78 is 27.4. The van der Waals surface area contributed by atoms with Crippen molar-refractivity contribution in [3.05, 3.63) is 15.9 Å². The van der Waals surface area contributed by atoms with E-state index in [1.165, 1.54) is 11.3 Å². The molecule has 1 atom stereocenters. The Labute approximate surface area is 126 Å². The molecule has 0 spiro atoms. The minimum atomic E-state index is -3.30. The van der Waals surface area contributed by atoms with Gasteiger partial charge in [0, 0.05) is 17.6 Å². The van der Waals surface area contributed by atoms with Crippen LogP contribution in [0.4, 0.5) is 0 Å². The van der Waals surface area contributed by atoms with Gasteiger partial charge in [0.2, 0.25) is 0 Å². The zero-order valence-corrected chi connectivity index (χ0v) is 14.0. The van der Waals surface area contributed by atoms with Crippen molar-refractivity contribution in [1.82, 2.24) is 9.62 Å². The van der Waals surface area contributed by atoms with E-state index in [4.69, 9.17) is 0 Å². The molecule has 2 rings (SSSR count). The maximum atomic E-state index is 12.4. The average molecular weight is 376 g/mol. The molecule has 1 saturated heterocycles. The molecule has 0 radical (unpaired) electrons. The molecule has 2 heterocycles. The highest BCUT2D eigenvalue weighted by Crippen LogP contribution is 2.32. The van der Waals surface area contributed by atoms with E-state index in [9.17, 15) is 8.42 Å². The lowest BCUT2D eigenvalue weighted by atomic mass is 10.1. The average Bonchev–Trinajstić information content (AvgIpc) is 2.87. The molecule has 0 aliphatic carbocycles. The van der Waals surface area contributed by atoms with E-state index in [0.717, 1.165) is 13.0 Å². The van der Waals surface area contributed by atoms with Gasteiger partial charge in [0.1, 0.15) is 4.21 Å². The normalized spacial score (nSPS) is 20.9. The maximum Gasteiger partial charge on any atom is 0.253 e. The van der Waals surface area contributed by atoms with Crippen molar-refractivity contribution in [2.45, 2.75) is 10.6 Å². The second kappa shape index (κ2) is 6.67. The van der Waals surface area contributed by atoms with Crippen molar-refractivity contribution in [2.75, 3.05) is 26.7 Å². The molecule has 1 fully saturated rings. The number of halogens is 2. The summed E-state index contributed by atoms with van der Waals surface area (Å²) in [4.78, 5) is 0. The molecule has 18 heavy (non-hydrogen) atoms. The summed E-state index contributed by atoms with van der Waals surface area (Å²) >= 11 is 4.55. The van der Waals surface area contributed by atoms with Gasteiger partial charge < -0.3 is 5.32 Å². The first-order valence-corrected chi connectivity index (χ1v) is 8.54. The van der Waals surface area contributed by atoms with Crippen LogP contribution < -0.4 is 5.32 Å². The van der Waals surface area contributed by atoms with Crippen molar-refractivity contribution < 1.29 is 8.42 Å². The van der Waals surface area contributed by atoms with Gasteiger partial charge in [-0.15, -0.1) is 23.7 Å². The summed E-state index contributed by atoms with van der Waals surface area (Å²) in [5, 5.41) is 4.89. The standard InChI is InChI=1S/C10H15BrN2O2S2.ClH/c1-12-6-8-2-4-13(7-8)17(14,15)10-9(11)3-5-16-10;/h3,5,8,12H,2,4,6-7H2,1H3;1H. The highest BCUT2D eigenvalue weighted by Gasteiger charge is 2.33. The SMILES string of the molecule is CNCC1CCN(S(=O)(=O)c2sccc2Br)C1.Cl. The molecule has 4 nitrogen and oxygen atoms in total. The molecule has 0 amide bonds. The predicted octanol–water partition coefficient (Wildman–Crippen LogP) is 2.16. The first-order valence-electron chi connectivity index (χ1n) is 5.43. The van der Waals surface area contributed by atoms with Crippen molar-refractivity contribution >= 4 is 49.7 Å². The third-order valence-corrected chi connectivity index (χ3v) is 7.41. The van der Waals surface area contributed by atoms with Crippen molar-refractivity contribution in [3.63, 3.8) is 0 Å². The Morgan fingerprint density at radius 3 is 2.89 bits per heavy atom. The first kappa shape index (κ1) is 16.4. The summed E-state index contributed by atoms with van der Waals surface area (Å²) in [5.41, 5.74) is 0. The molecule has 1 aromatic heterocycles. The third-order valence-electron chi connectivity index (χ3n) is 2.90. The fourth-order valence-electron chi connectivity index (χ4n) is 2.05. The molecule has 1 unspecified atom stereocenters. The van der Waals surface area contributed by atoms with E-state index in [1.807, 2.05) is 7.05 Å². The van der Waals surface area contributed by atoms with E-state index in [-0.39, 0.29) is 12.4 Å². The zero-order chi connectivity index (χ0) is 12.5. The maximum absolute atomic E-state index is 12.4. The summed E-state index contributed by atoms with van der Waals surface area (Å²) in [6, 6.07) is 1.78. The van der Waals surface area contributed by atoms with Crippen LogP contribution in [0.5, 0.6) is 0 Å². The molecule has 1 N–H and O–H groups in total. The molecule has 1 aliphatic rings. The lowest BCUT2D eigenvalue weighted by molar-refractivity contribution is 0.452. The number of nitrogens with one attached hydrogen (secondary N) is 1. The molecule has 0 bridgehead atoms. The monoisotopic (exact) mass is 374 g/mol. The Hall–Kier alpha value is 0.340. The van der Waals surface area contributed by atoms with Gasteiger partial charge in [-0.3, -0.25) is 0 Å². The molecule has 1 aliphatic heterocycles. The van der Waals surface area contributed by atoms with E-state index in [2.05, 4.69) is 21.2 Å². The lowest BCUT2D eigenvalue weighted by Gasteiger charge is -2.15. The number of rotatable bonds is 4. The highest BCUT2D eigenvalue weighted by molar-refractivity contribution is 9.10. The van der Waals surface area contributed by atoms with Crippen molar-refractivity contribution in [3.8, 4) is 0 Å². The number of thiophene rings is 1. The molecule has 104 valence electrons. The van der Waals surface area contributed by atoms with Crippen LogP contribution in [0.15, 0.2) is 20.1 Å². The number of sulfonamides is 1. The largest absolute Gasteiger partial charge is 0.319 e. The number of hydrogen-bond donors (Lipinski definition) is 1. The van der Waals surface area contributed by atoms with Crippen LogP contribution in [0, 0.1) is 5.92 Å². The van der Waals surface area contributed by atoms with Gasteiger partial charge in [0.25, 0.3) is 10.0 Å². The second-order valence-corrected chi connectivity index (χ2v) is 8.04. The van der Waals surface area contributed by atoms with Crippen LogP contribution in [0.3, 0.4) is 0 Å². The van der Waals surface area contributed by atoms with E-state index >= 15 is 0 Å². The smallest absolute Gasteiger partial charge is 0.253 e. The fraction of sp³-hybridized carbons (Fsp3) is 0.600. The van der Waals surface area contributed by atoms with Gasteiger partial charge >= 0.3 is 0 Å². The molecule has 0 aromatic carbocycles. The predicted molar refractivity (Wildman–Crippen MR) is 80.1 cm³/mol. The highest BCUT2D eigenvalue weighted by atomic mass is 79.9. The topological polar surface area (TPSA) is 49.4 Å². The van der Waals surface area contributed by atoms with E-state index < -0.39 is 10.0 Å². The first-order chi connectivity index (χ1) is 8.05.